The smallest absolute Gasteiger partial charge is 0.265 e. The van der Waals surface area contributed by atoms with E-state index in [2.05, 4.69) is 0 Å². The molecule has 1 aromatic rings. The van der Waals surface area contributed by atoms with E-state index in [1.807, 2.05) is 13.8 Å². The number of benzene rings is 1. The van der Waals surface area contributed by atoms with Crippen LogP contribution in [0.1, 0.15) is 24.2 Å². The number of likely N-dealkylation sites (N-methyl/N-ethyl adjacent to an activating group) is 1. The van der Waals surface area contributed by atoms with E-state index in [-0.39, 0.29) is 25.0 Å². The molecule has 7 nitrogen and oxygen atoms in total. The van der Waals surface area contributed by atoms with Crippen LogP contribution in [0.3, 0.4) is 0 Å². The molecule has 124 valence electrons. The van der Waals surface area contributed by atoms with E-state index in [1.54, 1.807) is 4.90 Å². The highest BCUT2D eigenvalue weighted by atomic mass is 16.5. The van der Waals surface area contributed by atoms with Crippen molar-refractivity contribution in [1.82, 2.24) is 4.90 Å². The molecule has 23 heavy (non-hydrogen) atoms. The van der Waals surface area contributed by atoms with E-state index in [1.165, 1.54) is 24.1 Å². The highest BCUT2D eigenvalue weighted by molar-refractivity contribution is 6.03. The molecule has 0 N–H and O–H groups in total. The zero-order chi connectivity index (χ0) is 17.0. The summed E-state index contributed by atoms with van der Waals surface area (Å²) in [7, 11) is 1.45. The first-order chi connectivity index (χ1) is 11.0. The molecule has 0 saturated heterocycles. The molecular weight excluding hydrogens is 300 g/mol. The summed E-state index contributed by atoms with van der Waals surface area (Å²) in [5.41, 5.74) is 0.724. The molecule has 2 rings (SSSR count). The fourth-order valence-electron chi connectivity index (χ4n) is 2.50. The molecule has 0 spiro atoms. The van der Waals surface area contributed by atoms with Crippen LogP contribution < -0.4 is 14.4 Å². The van der Waals surface area contributed by atoms with Crippen LogP contribution in [-0.2, 0) is 9.59 Å². The highest BCUT2D eigenvalue weighted by Crippen LogP contribution is 2.41. The van der Waals surface area contributed by atoms with Gasteiger partial charge in [-0.3, -0.25) is 19.3 Å². The predicted octanol–water partition coefficient (Wildman–Crippen LogP) is 1.10. The van der Waals surface area contributed by atoms with Crippen LogP contribution in [0.15, 0.2) is 12.1 Å². The van der Waals surface area contributed by atoms with Crippen molar-refractivity contribution in [2.24, 2.45) is 0 Å². The Morgan fingerprint density at radius 1 is 1.39 bits per heavy atom. The third-order valence-corrected chi connectivity index (χ3v) is 3.75. The molecular formula is C16H20N2O5. The van der Waals surface area contributed by atoms with Crippen molar-refractivity contribution in [3.63, 3.8) is 0 Å². The second-order valence-electron chi connectivity index (χ2n) is 5.02. The van der Waals surface area contributed by atoms with Crippen LogP contribution >= 0.6 is 0 Å². The van der Waals surface area contributed by atoms with Crippen LogP contribution in [0.25, 0.3) is 0 Å². The third kappa shape index (κ3) is 3.28. The summed E-state index contributed by atoms with van der Waals surface area (Å²) in [4.78, 5) is 38.6. The van der Waals surface area contributed by atoms with E-state index in [9.17, 15) is 14.4 Å². The number of rotatable bonds is 6. The fourth-order valence-corrected chi connectivity index (χ4v) is 2.50. The highest BCUT2D eigenvalue weighted by Gasteiger charge is 2.31. The maximum atomic E-state index is 12.3. The maximum absolute atomic E-state index is 12.3. The molecule has 7 heteroatoms. The summed E-state index contributed by atoms with van der Waals surface area (Å²) >= 11 is 0. The Bertz CT molecular complexity index is 625. The minimum atomic E-state index is -0.330. The van der Waals surface area contributed by atoms with Gasteiger partial charge in [0.2, 0.25) is 5.91 Å². The van der Waals surface area contributed by atoms with Crippen LogP contribution in [0.4, 0.5) is 5.69 Å². The topological polar surface area (TPSA) is 76.2 Å². The van der Waals surface area contributed by atoms with E-state index in [0.29, 0.717) is 42.1 Å². The van der Waals surface area contributed by atoms with Crippen molar-refractivity contribution in [2.75, 3.05) is 38.3 Å². The van der Waals surface area contributed by atoms with Crippen molar-refractivity contribution in [1.29, 1.82) is 0 Å². The van der Waals surface area contributed by atoms with Crippen molar-refractivity contribution in [2.45, 2.75) is 13.8 Å². The van der Waals surface area contributed by atoms with E-state index < -0.39 is 0 Å². The first-order valence-corrected chi connectivity index (χ1v) is 7.43. The Labute approximate surface area is 134 Å². The standard InChI is InChI=1S/C16H20N2O5/c1-4-17(5-2)14(20)8-18-12-6-11(9-19)7-13(22-3)16(12)23-10-15(18)21/h6-7,9H,4-5,8,10H2,1-3H3. The summed E-state index contributed by atoms with van der Waals surface area (Å²) in [6.45, 7) is 4.63. The maximum Gasteiger partial charge on any atom is 0.265 e. The monoisotopic (exact) mass is 320 g/mol. The number of anilines is 1. The average Bonchev–Trinajstić information content (AvgIpc) is 2.57. The second kappa shape index (κ2) is 7.13. The number of hydrogen-bond donors (Lipinski definition) is 0. The van der Waals surface area contributed by atoms with Gasteiger partial charge in [-0.2, -0.15) is 0 Å². The Morgan fingerprint density at radius 3 is 2.65 bits per heavy atom. The zero-order valence-electron chi connectivity index (χ0n) is 13.5. The second-order valence-corrected chi connectivity index (χ2v) is 5.02. The minimum absolute atomic E-state index is 0.0949. The van der Waals surface area contributed by atoms with Crippen LogP contribution in [0.5, 0.6) is 11.5 Å². The average molecular weight is 320 g/mol. The van der Waals surface area contributed by atoms with Gasteiger partial charge in [0.25, 0.3) is 5.91 Å². The summed E-state index contributed by atoms with van der Waals surface area (Å²) < 4.78 is 10.6. The van der Waals surface area contributed by atoms with Gasteiger partial charge >= 0.3 is 0 Å². The van der Waals surface area contributed by atoms with Crippen LogP contribution in [-0.4, -0.2) is 56.4 Å². The molecule has 0 aromatic heterocycles. The SMILES string of the molecule is CCN(CC)C(=O)CN1C(=O)COc2c(OC)cc(C=O)cc21. The first-order valence-electron chi connectivity index (χ1n) is 7.43. The third-order valence-electron chi connectivity index (χ3n) is 3.75. The lowest BCUT2D eigenvalue weighted by Gasteiger charge is -2.31. The molecule has 1 aliphatic rings. The quantitative estimate of drug-likeness (QED) is 0.734. The van der Waals surface area contributed by atoms with Gasteiger partial charge in [-0.05, 0) is 26.0 Å². The molecule has 2 amide bonds. The van der Waals surface area contributed by atoms with Gasteiger partial charge in [0.15, 0.2) is 18.1 Å². The van der Waals surface area contributed by atoms with Gasteiger partial charge in [-0.15, -0.1) is 0 Å². The van der Waals surface area contributed by atoms with Crippen LogP contribution in [0.2, 0.25) is 0 Å². The molecule has 0 radical (unpaired) electrons. The summed E-state index contributed by atoms with van der Waals surface area (Å²) in [5, 5.41) is 0. The molecule has 0 fully saturated rings. The molecule has 0 unspecified atom stereocenters. The predicted molar refractivity (Wildman–Crippen MR) is 84.2 cm³/mol. The van der Waals surface area contributed by atoms with Crippen molar-refractivity contribution < 1.29 is 23.9 Å². The van der Waals surface area contributed by atoms with Crippen molar-refractivity contribution in [3.8, 4) is 11.5 Å². The number of carbonyl (C=O) groups excluding carboxylic acids is 3. The molecule has 1 aliphatic heterocycles. The van der Waals surface area contributed by atoms with Gasteiger partial charge in [0.05, 0.1) is 12.8 Å². The number of amides is 2. The molecule has 0 aliphatic carbocycles. The van der Waals surface area contributed by atoms with Gasteiger partial charge in [-0.25, -0.2) is 0 Å². The number of aldehydes is 1. The minimum Gasteiger partial charge on any atom is -0.493 e. The summed E-state index contributed by atoms with van der Waals surface area (Å²) in [6, 6.07) is 3.06. The van der Waals surface area contributed by atoms with E-state index in [0.717, 1.165) is 0 Å². The number of ether oxygens (including phenoxy) is 2. The van der Waals surface area contributed by atoms with Gasteiger partial charge in [0, 0.05) is 18.7 Å². The lowest BCUT2D eigenvalue weighted by atomic mass is 10.1. The van der Waals surface area contributed by atoms with Gasteiger partial charge in [-0.1, -0.05) is 0 Å². The Kier molecular flexibility index (Phi) is 5.20. The normalized spacial score (nSPS) is 13.2. The number of carbonyl (C=O) groups is 3. The lowest BCUT2D eigenvalue weighted by molar-refractivity contribution is -0.131. The number of nitrogens with zero attached hydrogens (tertiary/aromatic N) is 2. The largest absolute Gasteiger partial charge is 0.493 e. The van der Waals surface area contributed by atoms with E-state index in [4.69, 9.17) is 9.47 Å². The van der Waals surface area contributed by atoms with Crippen molar-refractivity contribution >= 4 is 23.8 Å². The zero-order valence-corrected chi connectivity index (χ0v) is 13.5. The molecule has 0 saturated carbocycles. The van der Waals surface area contributed by atoms with Crippen molar-refractivity contribution in [3.05, 3.63) is 17.7 Å². The Morgan fingerprint density at radius 2 is 2.09 bits per heavy atom. The number of methoxy groups -OCH3 is 1. The summed E-state index contributed by atoms with van der Waals surface area (Å²) in [6.07, 6.45) is 0.659. The first kappa shape index (κ1) is 16.8. The number of hydrogen-bond acceptors (Lipinski definition) is 5. The molecule has 0 atom stereocenters. The van der Waals surface area contributed by atoms with Crippen LogP contribution in [0, 0.1) is 0 Å². The number of fused-ring (bicyclic) bond motifs is 1. The molecule has 1 heterocycles. The fraction of sp³-hybridized carbons (Fsp3) is 0.438. The Hall–Kier alpha value is -2.57. The molecule has 1 aromatic carbocycles. The Balaban J connectivity index is 2.41. The summed E-state index contributed by atoms with van der Waals surface area (Å²) in [5.74, 6) is 0.234. The lowest BCUT2D eigenvalue weighted by Crippen LogP contribution is -2.46. The van der Waals surface area contributed by atoms with E-state index >= 15 is 0 Å². The van der Waals surface area contributed by atoms with Gasteiger partial charge < -0.3 is 14.4 Å². The van der Waals surface area contributed by atoms with Gasteiger partial charge in [0.1, 0.15) is 12.8 Å². The molecule has 0 bridgehead atoms.